The molecule has 0 aliphatic rings. The Bertz CT molecular complexity index is 746. The molecule has 0 fully saturated rings. The standard InChI is InChI=1S/C16H13F2NS/c1-9-6-7-11(17)14(15(9)18)16(19)13-8-10-4-2-3-5-12(10)20-13/h2-8,16H,19H2,1H3. The van der Waals surface area contributed by atoms with E-state index in [0.29, 0.717) is 5.56 Å². The van der Waals surface area contributed by atoms with Crippen molar-refractivity contribution in [1.82, 2.24) is 0 Å². The minimum absolute atomic E-state index is 0.0587. The third kappa shape index (κ3) is 2.11. The minimum atomic E-state index is -0.785. The first kappa shape index (κ1) is 13.2. The fourth-order valence-corrected chi connectivity index (χ4v) is 3.34. The lowest BCUT2D eigenvalue weighted by molar-refractivity contribution is 0.539. The summed E-state index contributed by atoms with van der Waals surface area (Å²) in [4.78, 5) is 0.759. The Hall–Kier alpha value is -1.78. The lowest BCUT2D eigenvalue weighted by Gasteiger charge is -2.13. The molecule has 0 saturated carbocycles. The van der Waals surface area contributed by atoms with Crippen LogP contribution in [0, 0.1) is 18.6 Å². The predicted octanol–water partition coefficient (Wildman–Crippen LogP) is 4.54. The van der Waals surface area contributed by atoms with E-state index < -0.39 is 17.7 Å². The molecule has 102 valence electrons. The van der Waals surface area contributed by atoms with Crippen LogP contribution >= 0.6 is 11.3 Å². The van der Waals surface area contributed by atoms with Crippen molar-refractivity contribution in [3.63, 3.8) is 0 Å². The van der Waals surface area contributed by atoms with Crippen LogP contribution in [0.5, 0.6) is 0 Å². The number of fused-ring (bicyclic) bond motifs is 1. The fraction of sp³-hybridized carbons (Fsp3) is 0.125. The molecule has 1 atom stereocenters. The van der Waals surface area contributed by atoms with Crippen LogP contribution in [0.3, 0.4) is 0 Å². The zero-order chi connectivity index (χ0) is 14.3. The third-order valence-corrected chi connectivity index (χ3v) is 4.58. The molecule has 0 aliphatic carbocycles. The summed E-state index contributed by atoms with van der Waals surface area (Å²) in [5, 5.41) is 1.04. The highest BCUT2D eigenvalue weighted by Gasteiger charge is 2.21. The summed E-state index contributed by atoms with van der Waals surface area (Å²) in [5.41, 5.74) is 6.42. The van der Waals surface area contributed by atoms with E-state index in [1.165, 1.54) is 23.5 Å². The Morgan fingerprint density at radius 1 is 1.10 bits per heavy atom. The van der Waals surface area contributed by atoms with E-state index in [1.54, 1.807) is 6.92 Å². The second-order valence-corrected chi connectivity index (χ2v) is 5.87. The maximum atomic E-state index is 14.1. The summed E-state index contributed by atoms with van der Waals surface area (Å²) in [5.74, 6) is -1.16. The molecule has 1 unspecified atom stereocenters. The van der Waals surface area contributed by atoms with Crippen molar-refractivity contribution in [2.45, 2.75) is 13.0 Å². The van der Waals surface area contributed by atoms with Crippen molar-refractivity contribution >= 4 is 21.4 Å². The third-order valence-electron chi connectivity index (χ3n) is 3.38. The van der Waals surface area contributed by atoms with E-state index in [4.69, 9.17) is 5.73 Å². The molecule has 1 nitrogen and oxygen atoms in total. The zero-order valence-electron chi connectivity index (χ0n) is 10.9. The Morgan fingerprint density at radius 3 is 2.60 bits per heavy atom. The lowest BCUT2D eigenvalue weighted by Crippen LogP contribution is -2.15. The molecule has 3 aromatic rings. The van der Waals surface area contributed by atoms with E-state index in [0.717, 1.165) is 15.0 Å². The van der Waals surface area contributed by atoms with E-state index in [9.17, 15) is 8.78 Å². The molecule has 0 spiro atoms. The number of halogens is 2. The molecule has 0 saturated heterocycles. The van der Waals surface area contributed by atoms with Gasteiger partial charge in [-0.3, -0.25) is 0 Å². The van der Waals surface area contributed by atoms with Gasteiger partial charge in [-0.2, -0.15) is 0 Å². The molecular formula is C16H13F2NS. The Labute approximate surface area is 119 Å². The maximum Gasteiger partial charge on any atom is 0.134 e. The van der Waals surface area contributed by atoms with E-state index in [-0.39, 0.29) is 5.56 Å². The van der Waals surface area contributed by atoms with Crippen LogP contribution in [-0.4, -0.2) is 0 Å². The average molecular weight is 289 g/mol. The monoisotopic (exact) mass is 289 g/mol. The van der Waals surface area contributed by atoms with Crippen molar-refractivity contribution < 1.29 is 8.78 Å². The minimum Gasteiger partial charge on any atom is -0.319 e. The van der Waals surface area contributed by atoms with Gasteiger partial charge in [0, 0.05) is 15.1 Å². The Kier molecular flexibility index (Phi) is 3.28. The van der Waals surface area contributed by atoms with Crippen LogP contribution in [-0.2, 0) is 0 Å². The van der Waals surface area contributed by atoms with Gasteiger partial charge in [-0.25, -0.2) is 8.78 Å². The maximum absolute atomic E-state index is 14.1. The number of thiophene rings is 1. The second-order valence-electron chi connectivity index (χ2n) is 4.76. The van der Waals surface area contributed by atoms with Crippen LogP contribution in [0.1, 0.15) is 22.0 Å². The van der Waals surface area contributed by atoms with Gasteiger partial charge in [-0.1, -0.05) is 24.3 Å². The van der Waals surface area contributed by atoms with Gasteiger partial charge in [0.2, 0.25) is 0 Å². The summed E-state index contributed by atoms with van der Waals surface area (Å²) < 4.78 is 29.1. The van der Waals surface area contributed by atoms with Gasteiger partial charge in [-0.15, -0.1) is 11.3 Å². The summed E-state index contributed by atoms with van der Waals surface area (Å²) >= 11 is 1.47. The molecule has 3 rings (SSSR count). The molecule has 2 N–H and O–H groups in total. The molecule has 0 radical (unpaired) electrons. The molecule has 20 heavy (non-hydrogen) atoms. The average Bonchev–Trinajstić information content (AvgIpc) is 2.87. The molecule has 0 aliphatic heterocycles. The second kappa shape index (κ2) is 4.96. The molecule has 0 bridgehead atoms. The van der Waals surface area contributed by atoms with Crippen molar-refractivity contribution in [1.29, 1.82) is 0 Å². The predicted molar refractivity (Wildman–Crippen MR) is 79.0 cm³/mol. The van der Waals surface area contributed by atoms with Crippen molar-refractivity contribution in [2.24, 2.45) is 5.73 Å². The molecular weight excluding hydrogens is 276 g/mol. The van der Waals surface area contributed by atoms with Crippen molar-refractivity contribution in [3.05, 3.63) is 70.1 Å². The molecule has 1 heterocycles. The van der Waals surface area contributed by atoms with Gasteiger partial charge < -0.3 is 5.73 Å². The number of hydrogen-bond donors (Lipinski definition) is 1. The van der Waals surface area contributed by atoms with Gasteiger partial charge >= 0.3 is 0 Å². The van der Waals surface area contributed by atoms with Crippen molar-refractivity contribution in [3.8, 4) is 0 Å². The first-order valence-electron chi connectivity index (χ1n) is 6.26. The van der Waals surface area contributed by atoms with Crippen LogP contribution in [0.15, 0.2) is 42.5 Å². The summed E-state index contributed by atoms with van der Waals surface area (Å²) in [7, 11) is 0. The Morgan fingerprint density at radius 2 is 1.85 bits per heavy atom. The molecule has 4 heteroatoms. The first-order chi connectivity index (χ1) is 9.58. The van der Waals surface area contributed by atoms with Crippen LogP contribution in [0.4, 0.5) is 8.78 Å². The highest BCUT2D eigenvalue weighted by Crippen LogP contribution is 2.34. The fourth-order valence-electron chi connectivity index (χ4n) is 2.26. The summed E-state index contributed by atoms with van der Waals surface area (Å²) in [6, 6.07) is 11.6. The summed E-state index contributed by atoms with van der Waals surface area (Å²) in [6.07, 6.45) is 0. The number of hydrogen-bond acceptors (Lipinski definition) is 2. The van der Waals surface area contributed by atoms with Gasteiger partial charge in [0.1, 0.15) is 11.6 Å². The van der Waals surface area contributed by atoms with Gasteiger partial charge in [-0.05, 0) is 36.1 Å². The first-order valence-corrected chi connectivity index (χ1v) is 7.08. The Balaban J connectivity index is 2.13. The van der Waals surface area contributed by atoms with Gasteiger partial charge in [0.05, 0.1) is 6.04 Å². The number of rotatable bonds is 2. The van der Waals surface area contributed by atoms with Crippen LogP contribution in [0.2, 0.25) is 0 Å². The number of nitrogens with two attached hydrogens (primary N) is 1. The van der Waals surface area contributed by atoms with Crippen LogP contribution < -0.4 is 5.73 Å². The molecule has 1 aromatic heterocycles. The van der Waals surface area contributed by atoms with E-state index >= 15 is 0 Å². The van der Waals surface area contributed by atoms with E-state index in [2.05, 4.69) is 0 Å². The largest absolute Gasteiger partial charge is 0.319 e. The quantitative estimate of drug-likeness (QED) is 0.736. The topological polar surface area (TPSA) is 26.0 Å². The SMILES string of the molecule is Cc1ccc(F)c(C(N)c2cc3ccccc3s2)c1F. The lowest BCUT2D eigenvalue weighted by atomic mass is 10.0. The number of aryl methyl sites for hydroxylation is 1. The highest BCUT2D eigenvalue weighted by atomic mass is 32.1. The van der Waals surface area contributed by atoms with Gasteiger partial charge in [0.25, 0.3) is 0 Å². The van der Waals surface area contributed by atoms with Crippen LogP contribution in [0.25, 0.3) is 10.1 Å². The molecule has 2 aromatic carbocycles. The summed E-state index contributed by atoms with van der Waals surface area (Å²) in [6.45, 7) is 1.61. The smallest absolute Gasteiger partial charge is 0.134 e. The molecule has 0 amide bonds. The highest BCUT2D eigenvalue weighted by molar-refractivity contribution is 7.19. The normalized spacial score (nSPS) is 12.8. The van der Waals surface area contributed by atoms with E-state index in [1.807, 2.05) is 30.3 Å². The van der Waals surface area contributed by atoms with Crippen molar-refractivity contribution in [2.75, 3.05) is 0 Å². The zero-order valence-corrected chi connectivity index (χ0v) is 11.7. The van der Waals surface area contributed by atoms with Gasteiger partial charge in [0.15, 0.2) is 0 Å². The number of benzene rings is 2.